The van der Waals surface area contributed by atoms with E-state index in [0.29, 0.717) is 0 Å². The van der Waals surface area contributed by atoms with Crippen molar-refractivity contribution in [2.24, 2.45) is 0 Å². The lowest BCUT2D eigenvalue weighted by molar-refractivity contribution is 0.216. The van der Waals surface area contributed by atoms with Crippen LogP contribution in [0.4, 0.5) is 4.79 Å². The van der Waals surface area contributed by atoms with Crippen molar-refractivity contribution in [2.75, 3.05) is 40.3 Å². The predicted molar refractivity (Wildman–Crippen MR) is 60.0 cm³/mol. The third-order valence-corrected chi connectivity index (χ3v) is 2.23. The highest BCUT2D eigenvalue weighted by Crippen LogP contribution is 2.00. The Morgan fingerprint density at radius 3 is 2.64 bits per heavy atom. The summed E-state index contributed by atoms with van der Waals surface area (Å²) in [5.41, 5.74) is 0. The van der Waals surface area contributed by atoms with Crippen LogP contribution in [0.5, 0.6) is 0 Å². The van der Waals surface area contributed by atoms with Gasteiger partial charge >= 0.3 is 6.03 Å². The van der Waals surface area contributed by atoms with E-state index in [1.807, 2.05) is 4.90 Å². The first kappa shape index (κ1) is 13.5. The fraction of sp³-hybridized carbons (Fsp3) is 0.889. The second-order valence-electron chi connectivity index (χ2n) is 3.73. The number of amides is 2. The Labute approximate surface area is 92.0 Å². The van der Waals surface area contributed by atoms with Crippen molar-refractivity contribution in [3.63, 3.8) is 0 Å². The molecule has 1 heterocycles. The number of hydrogen-bond acceptors (Lipinski definition) is 2. The van der Waals surface area contributed by atoms with Crippen LogP contribution >= 0.6 is 12.4 Å². The summed E-state index contributed by atoms with van der Waals surface area (Å²) in [7, 11) is 4.14. The molecule has 0 spiro atoms. The van der Waals surface area contributed by atoms with Gasteiger partial charge in [-0.15, -0.1) is 12.4 Å². The molecular weight excluding hydrogens is 202 g/mol. The molecule has 1 aliphatic heterocycles. The second-order valence-corrected chi connectivity index (χ2v) is 3.73. The molecule has 2 amide bonds. The largest absolute Gasteiger partial charge is 0.336 e. The summed E-state index contributed by atoms with van der Waals surface area (Å²) in [6, 6.07) is 0.102. The lowest BCUT2D eigenvalue weighted by atomic mass is 10.3. The van der Waals surface area contributed by atoms with Crippen molar-refractivity contribution < 1.29 is 4.79 Å². The van der Waals surface area contributed by atoms with Gasteiger partial charge in [-0.1, -0.05) is 0 Å². The zero-order valence-corrected chi connectivity index (χ0v) is 9.77. The summed E-state index contributed by atoms with van der Waals surface area (Å²) in [6.45, 7) is 3.70. The van der Waals surface area contributed by atoms with E-state index < -0.39 is 0 Å². The molecule has 4 nitrogen and oxygen atoms in total. The first-order valence-corrected chi connectivity index (χ1v) is 4.87. The second kappa shape index (κ2) is 6.90. The molecular formula is C9H20ClN3O. The van der Waals surface area contributed by atoms with Gasteiger partial charge in [-0.2, -0.15) is 0 Å². The Morgan fingerprint density at radius 1 is 1.43 bits per heavy atom. The minimum atomic E-state index is 0. The minimum Gasteiger partial charge on any atom is -0.336 e. The summed E-state index contributed by atoms with van der Waals surface area (Å²) in [6.07, 6.45) is 2.27. The third kappa shape index (κ3) is 4.67. The van der Waals surface area contributed by atoms with Crippen LogP contribution < -0.4 is 5.32 Å². The summed E-state index contributed by atoms with van der Waals surface area (Å²) < 4.78 is 0. The molecule has 0 unspecified atom stereocenters. The molecule has 0 aliphatic carbocycles. The van der Waals surface area contributed by atoms with Crippen LogP contribution in [-0.4, -0.2) is 56.1 Å². The third-order valence-electron chi connectivity index (χ3n) is 2.23. The van der Waals surface area contributed by atoms with Crippen LogP contribution in [0.2, 0.25) is 0 Å². The summed E-state index contributed by atoms with van der Waals surface area (Å²) >= 11 is 0. The number of halogens is 1. The van der Waals surface area contributed by atoms with Gasteiger partial charge in [0.05, 0.1) is 0 Å². The Kier molecular flexibility index (Phi) is 6.66. The number of rotatable bonds is 5. The predicted octanol–water partition coefficient (Wildman–Crippen LogP) is 0.775. The molecule has 0 saturated carbocycles. The number of carbonyl (C=O) groups is 1. The van der Waals surface area contributed by atoms with E-state index >= 15 is 0 Å². The van der Waals surface area contributed by atoms with Gasteiger partial charge in [0.25, 0.3) is 0 Å². The number of unbranched alkanes of at least 4 members (excludes halogenated alkanes) is 1. The standard InChI is InChI=1S/C9H19N3O.ClH/c1-11(2)6-3-4-7-12-8-5-10-9(12)13;/h3-8H2,1-2H3,(H,10,13);1H. The van der Waals surface area contributed by atoms with Gasteiger partial charge in [0.1, 0.15) is 0 Å². The molecule has 0 aromatic carbocycles. The lowest BCUT2D eigenvalue weighted by Gasteiger charge is -2.14. The van der Waals surface area contributed by atoms with Gasteiger partial charge in [0.15, 0.2) is 0 Å². The summed E-state index contributed by atoms with van der Waals surface area (Å²) in [5, 5.41) is 2.80. The quantitative estimate of drug-likeness (QED) is 0.697. The highest BCUT2D eigenvalue weighted by atomic mass is 35.5. The number of hydrogen-bond donors (Lipinski definition) is 1. The monoisotopic (exact) mass is 221 g/mol. The van der Waals surface area contributed by atoms with Gasteiger partial charge in [0, 0.05) is 19.6 Å². The van der Waals surface area contributed by atoms with E-state index in [-0.39, 0.29) is 18.4 Å². The molecule has 0 radical (unpaired) electrons. The van der Waals surface area contributed by atoms with Crippen LogP contribution in [-0.2, 0) is 0 Å². The molecule has 0 atom stereocenters. The van der Waals surface area contributed by atoms with E-state index in [9.17, 15) is 4.79 Å². The molecule has 0 aromatic rings. The zero-order chi connectivity index (χ0) is 9.68. The number of urea groups is 1. The number of nitrogens with one attached hydrogen (secondary N) is 1. The molecule has 1 saturated heterocycles. The van der Waals surface area contributed by atoms with Crippen molar-refractivity contribution in [1.29, 1.82) is 0 Å². The van der Waals surface area contributed by atoms with Crippen LogP contribution in [0.3, 0.4) is 0 Å². The van der Waals surface area contributed by atoms with Crippen LogP contribution in [0, 0.1) is 0 Å². The van der Waals surface area contributed by atoms with E-state index in [2.05, 4.69) is 24.3 Å². The van der Waals surface area contributed by atoms with Crippen LogP contribution in [0.15, 0.2) is 0 Å². The normalized spacial score (nSPS) is 15.6. The fourth-order valence-electron chi connectivity index (χ4n) is 1.46. The molecule has 1 N–H and O–H groups in total. The highest BCUT2D eigenvalue weighted by molar-refractivity contribution is 5.85. The van der Waals surface area contributed by atoms with E-state index in [1.165, 1.54) is 0 Å². The Morgan fingerprint density at radius 2 is 2.14 bits per heavy atom. The Bertz CT molecular complexity index is 175. The molecule has 1 fully saturated rings. The Hall–Kier alpha value is -0.480. The molecule has 1 rings (SSSR count). The number of carbonyl (C=O) groups excluding carboxylic acids is 1. The lowest BCUT2D eigenvalue weighted by Crippen LogP contribution is -2.29. The minimum absolute atomic E-state index is 0. The molecule has 84 valence electrons. The fourth-order valence-corrected chi connectivity index (χ4v) is 1.46. The van der Waals surface area contributed by atoms with Crippen molar-refractivity contribution in [1.82, 2.24) is 15.1 Å². The van der Waals surface area contributed by atoms with E-state index in [4.69, 9.17) is 0 Å². The SMILES string of the molecule is CN(C)CCCCN1CCNC1=O.Cl. The molecule has 0 aromatic heterocycles. The van der Waals surface area contributed by atoms with Crippen LogP contribution in [0.25, 0.3) is 0 Å². The molecule has 1 aliphatic rings. The first-order chi connectivity index (χ1) is 6.20. The van der Waals surface area contributed by atoms with Crippen molar-refractivity contribution in [3.05, 3.63) is 0 Å². The van der Waals surface area contributed by atoms with Crippen molar-refractivity contribution in [3.8, 4) is 0 Å². The highest BCUT2D eigenvalue weighted by Gasteiger charge is 2.17. The summed E-state index contributed by atoms with van der Waals surface area (Å²) in [4.78, 5) is 15.2. The van der Waals surface area contributed by atoms with Crippen molar-refractivity contribution >= 4 is 18.4 Å². The van der Waals surface area contributed by atoms with E-state index in [1.54, 1.807) is 0 Å². The average Bonchev–Trinajstić information content (AvgIpc) is 2.45. The van der Waals surface area contributed by atoms with E-state index in [0.717, 1.165) is 39.0 Å². The zero-order valence-electron chi connectivity index (χ0n) is 8.95. The van der Waals surface area contributed by atoms with Gasteiger partial charge in [-0.05, 0) is 33.5 Å². The first-order valence-electron chi connectivity index (χ1n) is 4.87. The van der Waals surface area contributed by atoms with Gasteiger partial charge in [-0.25, -0.2) is 4.79 Å². The van der Waals surface area contributed by atoms with Gasteiger partial charge < -0.3 is 15.1 Å². The molecule has 0 bridgehead atoms. The smallest absolute Gasteiger partial charge is 0.317 e. The topological polar surface area (TPSA) is 35.6 Å². The van der Waals surface area contributed by atoms with Gasteiger partial charge in [-0.3, -0.25) is 0 Å². The maximum atomic E-state index is 11.1. The molecule has 5 heteroatoms. The summed E-state index contributed by atoms with van der Waals surface area (Å²) in [5.74, 6) is 0. The maximum Gasteiger partial charge on any atom is 0.317 e. The Balaban J connectivity index is 0.00000169. The average molecular weight is 222 g/mol. The maximum absolute atomic E-state index is 11.1. The molecule has 14 heavy (non-hydrogen) atoms. The number of nitrogens with zero attached hydrogens (tertiary/aromatic N) is 2. The van der Waals surface area contributed by atoms with Gasteiger partial charge in [0.2, 0.25) is 0 Å². The van der Waals surface area contributed by atoms with Crippen molar-refractivity contribution in [2.45, 2.75) is 12.8 Å². The van der Waals surface area contributed by atoms with Crippen LogP contribution in [0.1, 0.15) is 12.8 Å².